The fraction of sp³-hybridized carbons (Fsp3) is 0.214. The number of amides is 1. The number of unbranched alkanes of at least 4 members (excludes halogenated alkanes) is 1. The fourth-order valence-corrected chi connectivity index (χ4v) is 6.17. The molecular weight excluding hydrogens is 735 g/mol. The first-order valence-corrected chi connectivity index (χ1v) is 14.1. The smallest absolute Gasteiger partial charge is 0.341 e. The van der Waals surface area contributed by atoms with Gasteiger partial charge in [0.25, 0.3) is 5.91 Å². The molecule has 1 aromatic heterocycles. The minimum Gasteiger partial charge on any atom is -0.480 e. The molecule has 1 heterocycles. The highest BCUT2D eigenvalue weighted by atomic mass is 127. The predicted molar refractivity (Wildman–Crippen MR) is 157 cm³/mol. The molecule has 2 N–H and O–H groups in total. The van der Waals surface area contributed by atoms with Crippen LogP contribution in [0.5, 0.6) is 5.75 Å². The number of fused-ring (bicyclic) bond motifs is 1. The Morgan fingerprint density at radius 3 is 2.38 bits per heavy atom. The molecule has 0 bridgehead atoms. The summed E-state index contributed by atoms with van der Waals surface area (Å²) >= 11 is 3.93. The quantitative estimate of drug-likeness (QED) is 0.202. The molecule has 3 aromatic rings. The van der Waals surface area contributed by atoms with Crippen molar-refractivity contribution in [3.8, 4) is 5.75 Å². The number of rotatable bonds is 10. The van der Waals surface area contributed by atoms with E-state index in [-0.39, 0.29) is 28.0 Å². The SMILES string of the molecule is CCCCc1oc2c(c1C(=O)c1cc(I)c(OCC(=O)O)c(I)c1)C(=O)C(NC(=O)c1ccc(F)cc1)C=C2. The highest BCUT2D eigenvalue weighted by Crippen LogP contribution is 2.35. The van der Waals surface area contributed by atoms with Gasteiger partial charge in [-0.15, -0.1) is 0 Å². The van der Waals surface area contributed by atoms with Crippen molar-refractivity contribution >= 4 is 74.7 Å². The zero-order chi connectivity index (χ0) is 28.3. The van der Waals surface area contributed by atoms with Gasteiger partial charge >= 0.3 is 5.97 Å². The summed E-state index contributed by atoms with van der Waals surface area (Å²) < 4.78 is 25.7. The molecule has 4 rings (SSSR count). The van der Waals surface area contributed by atoms with E-state index in [1.165, 1.54) is 18.2 Å². The van der Waals surface area contributed by atoms with Crippen LogP contribution >= 0.6 is 45.2 Å². The Balaban J connectivity index is 1.69. The molecule has 2 aromatic carbocycles. The van der Waals surface area contributed by atoms with Gasteiger partial charge in [0.2, 0.25) is 0 Å². The summed E-state index contributed by atoms with van der Waals surface area (Å²) in [6, 6.07) is 7.03. The zero-order valence-corrected chi connectivity index (χ0v) is 24.9. The molecule has 0 saturated carbocycles. The molecule has 0 aliphatic heterocycles. The summed E-state index contributed by atoms with van der Waals surface area (Å²) in [6.07, 6.45) is 5.06. The number of halogens is 3. The molecule has 39 heavy (non-hydrogen) atoms. The molecule has 11 heteroatoms. The number of carbonyl (C=O) groups excluding carboxylic acids is 3. The third-order valence-electron chi connectivity index (χ3n) is 5.96. The lowest BCUT2D eigenvalue weighted by Crippen LogP contribution is -2.41. The van der Waals surface area contributed by atoms with Gasteiger partial charge in [0.1, 0.15) is 29.1 Å². The maximum Gasteiger partial charge on any atom is 0.341 e. The molecule has 8 nitrogen and oxygen atoms in total. The number of aryl methyl sites for hydroxylation is 1. The average molecular weight is 757 g/mol. The lowest BCUT2D eigenvalue weighted by atomic mass is 9.89. The van der Waals surface area contributed by atoms with E-state index < -0.39 is 41.9 Å². The highest BCUT2D eigenvalue weighted by molar-refractivity contribution is 14.1. The maximum absolute atomic E-state index is 13.9. The van der Waals surface area contributed by atoms with Crippen molar-refractivity contribution in [1.82, 2.24) is 5.32 Å². The van der Waals surface area contributed by atoms with Crippen LogP contribution in [0.15, 0.2) is 46.9 Å². The summed E-state index contributed by atoms with van der Waals surface area (Å²) in [6.45, 7) is 1.47. The number of ketones is 2. The monoisotopic (exact) mass is 757 g/mol. The van der Waals surface area contributed by atoms with Crippen LogP contribution in [0, 0.1) is 13.0 Å². The van der Waals surface area contributed by atoms with Crippen molar-refractivity contribution < 1.29 is 37.8 Å². The topological polar surface area (TPSA) is 123 Å². The van der Waals surface area contributed by atoms with Gasteiger partial charge in [0, 0.05) is 17.5 Å². The predicted octanol–water partition coefficient (Wildman–Crippen LogP) is 5.67. The molecule has 0 radical (unpaired) electrons. The third kappa shape index (κ3) is 6.40. The molecule has 1 atom stereocenters. The van der Waals surface area contributed by atoms with Crippen molar-refractivity contribution in [3.63, 3.8) is 0 Å². The van der Waals surface area contributed by atoms with Crippen LogP contribution < -0.4 is 10.1 Å². The average Bonchev–Trinajstić information content (AvgIpc) is 3.27. The van der Waals surface area contributed by atoms with E-state index in [0.717, 1.165) is 25.0 Å². The summed E-state index contributed by atoms with van der Waals surface area (Å²) in [5.74, 6) is -2.14. The minimum absolute atomic E-state index is 0.0919. The van der Waals surface area contributed by atoms with Gasteiger partial charge in [-0.2, -0.15) is 0 Å². The van der Waals surface area contributed by atoms with Gasteiger partial charge in [-0.25, -0.2) is 9.18 Å². The molecule has 1 aliphatic carbocycles. The second-order valence-electron chi connectivity index (χ2n) is 8.70. The number of carboxylic acids is 1. The van der Waals surface area contributed by atoms with Gasteiger partial charge in [-0.05, 0) is 94.1 Å². The highest BCUT2D eigenvalue weighted by Gasteiger charge is 2.35. The number of Topliss-reactive ketones (excluding diaryl/α,β-unsaturated/α-hetero) is 1. The first-order valence-electron chi connectivity index (χ1n) is 11.9. The van der Waals surface area contributed by atoms with Crippen molar-refractivity contribution in [2.24, 2.45) is 0 Å². The Bertz CT molecular complexity index is 1470. The lowest BCUT2D eigenvalue weighted by Gasteiger charge is -2.18. The van der Waals surface area contributed by atoms with E-state index in [0.29, 0.717) is 25.1 Å². The van der Waals surface area contributed by atoms with Crippen LogP contribution in [0.2, 0.25) is 0 Å². The van der Waals surface area contributed by atoms with Gasteiger partial charge in [-0.3, -0.25) is 14.4 Å². The summed E-state index contributed by atoms with van der Waals surface area (Å²) in [5, 5.41) is 11.6. The molecular formula is C28H22FI2NO7. The van der Waals surface area contributed by atoms with Crippen molar-refractivity contribution in [3.05, 3.63) is 89.2 Å². The van der Waals surface area contributed by atoms with Crippen LogP contribution in [0.4, 0.5) is 4.39 Å². The molecule has 1 aliphatic rings. The lowest BCUT2D eigenvalue weighted by molar-refractivity contribution is -0.139. The molecule has 0 saturated heterocycles. The van der Waals surface area contributed by atoms with E-state index in [2.05, 4.69) is 5.32 Å². The number of carboxylic acid groups (broad SMARTS) is 1. The molecule has 1 amide bonds. The number of benzene rings is 2. The number of nitrogens with one attached hydrogen (secondary N) is 1. The van der Waals surface area contributed by atoms with E-state index in [1.807, 2.05) is 52.1 Å². The summed E-state index contributed by atoms with van der Waals surface area (Å²) in [7, 11) is 0. The van der Waals surface area contributed by atoms with E-state index >= 15 is 0 Å². The third-order valence-corrected chi connectivity index (χ3v) is 7.56. The Labute approximate surface area is 250 Å². The number of hydrogen-bond acceptors (Lipinski definition) is 6. The minimum atomic E-state index is -1.13. The number of ether oxygens (including phenoxy) is 1. The molecule has 202 valence electrons. The van der Waals surface area contributed by atoms with Gasteiger partial charge < -0.3 is 19.6 Å². The van der Waals surface area contributed by atoms with Gasteiger partial charge in [0.05, 0.1) is 18.3 Å². The molecule has 1 unspecified atom stereocenters. The molecule has 0 spiro atoms. The number of carbonyl (C=O) groups is 4. The standard InChI is InChI=1S/C28H22FI2NO7/c1-2-3-4-20-23(25(35)15-11-17(30)27(18(31)12-15)38-13-22(33)34)24-21(39-20)10-9-19(26(24)36)32-28(37)14-5-7-16(29)8-6-14/h5-12,19H,2-4,13H2,1H3,(H,32,37)(H,33,34). The fourth-order valence-electron chi connectivity index (χ4n) is 4.09. The second-order valence-corrected chi connectivity index (χ2v) is 11.0. The van der Waals surface area contributed by atoms with Gasteiger partial charge in [0.15, 0.2) is 18.2 Å². The first-order chi connectivity index (χ1) is 18.6. The van der Waals surface area contributed by atoms with E-state index in [4.69, 9.17) is 14.3 Å². The first kappa shape index (κ1) is 28.9. The second kappa shape index (κ2) is 12.4. The van der Waals surface area contributed by atoms with Crippen molar-refractivity contribution in [2.75, 3.05) is 6.61 Å². The van der Waals surface area contributed by atoms with Crippen LogP contribution in [0.1, 0.15) is 67.9 Å². The van der Waals surface area contributed by atoms with Crippen LogP contribution in [0.3, 0.4) is 0 Å². The maximum atomic E-state index is 13.9. The normalized spacial score (nSPS) is 14.2. The van der Waals surface area contributed by atoms with E-state index in [9.17, 15) is 23.6 Å². The largest absolute Gasteiger partial charge is 0.480 e. The van der Waals surface area contributed by atoms with E-state index in [1.54, 1.807) is 18.2 Å². The summed E-state index contributed by atoms with van der Waals surface area (Å²) in [5.41, 5.74) is 0.695. The van der Waals surface area contributed by atoms with Crippen LogP contribution in [0.25, 0.3) is 6.08 Å². The Kier molecular flexibility index (Phi) is 9.20. The molecule has 0 fully saturated rings. The Morgan fingerprint density at radius 1 is 1.10 bits per heavy atom. The van der Waals surface area contributed by atoms with Gasteiger partial charge in [-0.1, -0.05) is 19.4 Å². The number of hydrogen-bond donors (Lipinski definition) is 2. The Hall–Kier alpha value is -3.07. The number of furan rings is 1. The van der Waals surface area contributed by atoms with Crippen molar-refractivity contribution in [1.29, 1.82) is 0 Å². The number of aliphatic carboxylic acids is 1. The van der Waals surface area contributed by atoms with Crippen LogP contribution in [-0.4, -0.2) is 41.2 Å². The zero-order valence-electron chi connectivity index (χ0n) is 20.6. The van der Waals surface area contributed by atoms with Crippen LogP contribution in [-0.2, 0) is 11.2 Å². The summed E-state index contributed by atoms with van der Waals surface area (Å²) in [4.78, 5) is 51.1. The van der Waals surface area contributed by atoms with Crippen molar-refractivity contribution in [2.45, 2.75) is 32.2 Å². The Morgan fingerprint density at radius 2 is 1.77 bits per heavy atom.